The van der Waals surface area contributed by atoms with Crippen molar-refractivity contribution in [3.63, 3.8) is 0 Å². The minimum absolute atomic E-state index is 0.0791. The third-order valence-electron chi connectivity index (χ3n) is 5.54. The molecule has 4 rings (SSSR count). The van der Waals surface area contributed by atoms with Crippen LogP contribution in [0.3, 0.4) is 0 Å². The van der Waals surface area contributed by atoms with E-state index in [1.54, 1.807) is 12.1 Å². The summed E-state index contributed by atoms with van der Waals surface area (Å²) in [6, 6.07) is 17.3. The van der Waals surface area contributed by atoms with Crippen molar-refractivity contribution in [3.8, 4) is 5.75 Å². The average Bonchev–Trinajstić information content (AvgIpc) is 3.36. The first-order chi connectivity index (χ1) is 16.0. The molecule has 2 aromatic carbocycles. The highest BCUT2D eigenvalue weighted by atomic mass is 16.5. The number of nitrogens with one attached hydrogen (secondary N) is 1. The van der Waals surface area contributed by atoms with Crippen LogP contribution in [0.15, 0.2) is 65.5 Å². The number of nitrogens with zero attached hydrogens (tertiary/aromatic N) is 3. The van der Waals surface area contributed by atoms with Gasteiger partial charge in [-0.1, -0.05) is 30.3 Å². The lowest BCUT2D eigenvalue weighted by Crippen LogP contribution is -2.30. The van der Waals surface area contributed by atoms with Crippen LogP contribution in [0.4, 0.5) is 5.69 Å². The van der Waals surface area contributed by atoms with Crippen LogP contribution in [0, 0.1) is 6.92 Å². The summed E-state index contributed by atoms with van der Waals surface area (Å²) in [7, 11) is 0. The van der Waals surface area contributed by atoms with Crippen molar-refractivity contribution in [2.45, 2.75) is 26.3 Å². The van der Waals surface area contributed by atoms with Crippen molar-refractivity contribution in [2.24, 2.45) is 0 Å². The van der Waals surface area contributed by atoms with Crippen molar-refractivity contribution in [3.05, 3.63) is 87.8 Å². The molecule has 1 N–H and O–H groups in total. The normalized spacial score (nSPS) is 13.1. The van der Waals surface area contributed by atoms with Gasteiger partial charge in [0.05, 0.1) is 17.8 Å². The number of aromatic nitrogens is 2. The van der Waals surface area contributed by atoms with Crippen molar-refractivity contribution < 1.29 is 14.3 Å². The van der Waals surface area contributed by atoms with Gasteiger partial charge in [-0.15, -0.1) is 0 Å². The molecule has 1 aliphatic heterocycles. The molecule has 0 radical (unpaired) electrons. The van der Waals surface area contributed by atoms with Crippen molar-refractivity contribution >= 4 is 17.5 Å². The maximum absolute atomic E-state index is 13.0. The van der Waals surface area contributed by atoms with Gasteiger partial charge < -0.3 is 15.0 Å². The second-order valence-electron chi connectivity index (χ2n) is 7.89. The number of amides is 2. The van der Waals surface area contributed by atoms with E-state index in [2.05, 4.69) is 10.4 Å². The number of hydrogen-bond acceptors (Lipinski definition) is 5. The van der Waals surface area contributed by atoms with E-state index >= 15 is 0 Å². The number of rotatable bonds is 7. The van der Waals surface area contributed by atoms with Crippen LogP contribution in [0.5, 0.6) is 5.75 Å². The molecule has 8 nitrogen and oxygen atoms in total. The first kappa shape index (κ1) is 22.3. The van der Waals surface area contributed by atoms with Gasteiger partial charge in [0.2, 0.25) is 0 Å². The van der Waals surface area contributed by atoms with Gasteiger partial charge in [0.1, 0.15) is 18.1 Å². The Morgan fingerprint density at radius 1 is 1.00 bits per heavy atom. The fourth-order valence-corrected chi connectivity index (χ4v) is 3.82. The molecule has 170 valence electrons. The Bertz CT molecular complexity index is 1200. The Kier molecular flexibility index (Phi) is 6.83. The van der Waals surface area contributed by atoms with Gasteiger partial charge in [-0.2, -0.15) is 5.10 Å². The molecule has 33 heavy (non-hydrogen) atoms. The molecule has 2 amide bonds. The van der Waals surface area contributed by atoms with E-state index in [4.69, 9.17) is 4.74 Å². The van der Waals surface area contributed by atoms with Crippen LogP contribution in [0.25, 0.3) is 0 Å². The number of para-hydroxylation sites is 1. The fourth-order valence-electron chi connectivity index (χ4n) is 3.82. The highest BCUT2D eigenvalue weighted by molar-refractivity contribution is 6.08. The summed E-state index contributed by atoms with van der Waals surface area (Å²) >= 11 is 0. The molecule has 1 saturated heterocycles. The number of benzene rings is 2. The summed E-state index contributed by atoms with van der Waals surface area (Å²) in [6.45, 7) is 3.72. The second-order valence-corrected chi connectivity index (χ2v) is 7.89. The summed E-state index contributed by atoms with van der Waals surface area (Å²) in [6.07, 6.45) is 1.97. The minimum atomic E-state index is -0.492. The van der Waals surface area contributed by atoms with E-state index in [1.807, 2.05) is 48.2 Å². The zero-order valence-electron chi connectivity index (χ0n) is 18.5. The first-order valence-electron chi connectivity index (χ1n) is 11.0. The molecule has 0 aliphatic carbocycles. The average molecular weight is 447 g/mol. The van der Waals surface area contributed by atoms with Gasteiger partial charge in [0, 0.05) is 19.2 Å². The molecule has 0 unspecified atom stereocenters. The summed E-state index contributed by atoms with van der Waals surface area (Å²) in [5.41, 5.74) is 1.46. The zero-order valence-corrected chi connectivity index (χ0v) is 18.5. The van der Waals surface area contributed by atoms with Gasteiger partial charge >= 0.3 is 0 Å². The van der Waals surface area contributed by atoms with E-state index < -0.39 is 5.91 Å². The maximum Gasteiger partial charge on any atom is 0.276 e. The van der Waals surface area contributed by atoms with E-state index in [9.17, 15) is 14.4 Å². The van der Waals surface area contributed by atoms with Crippen LogP contribution >= 0.6 is 0 Å². The molecule has 3 aromatic rings. The predicted molar refractivity (Wildman–Crippen MR) is 125 cm³/mol. The lowest BCUT2D eigenvalue weighted by atomic mass is 10.0. The maximum atomic E-state index is 13.0. The van der Waals surface area contributed by atoms with E-state index in [1.165, 1.54) is 16.8 Å². The number of carbonyl (C=O) groups excluding carboxylic acids is 2. The van der Waals surface area contributed by atoms with Gasteiger partial charge in [-0.3, -0.25) is 14.4 Å². The predicted octanol–water partition coefficient (Wildman–Crippen LogP) is 3.12. The van der Waals surface area contributed by atoms with E-state index in [0.717, 1.165) is 31.5 Å². The number of hydrogen-bond donors (Lipinski definition) is 1. The zero-order chi connectivity index (χ0) is 23.2. The standard InChI is InChI=1S/C25H26N4O4/c1-18-8-7-11-20(23(18)25(32)28-14-5-6-15-28)26-24(31)21-12-13-22(30)29(27-21)16-17-33-19-9-3-2-4-10-19/h2-4,7-13H,5-6,14-17H2,1H3,(H,26,31). The van der Waals surface area contributed by atoms with Crippen LogP contribution in [0.1, 0.15) is 39.3 Å². The molecule has 1 aromatic heterocycles. The highest BCUT2D eigenvalue weighted by Gasteiger charge is 2.24. The second kappa shape index (κ2) is 10.1. The van der Waals surface area contributed by atoms with E-state index in [-0.39, 0.29) is 30.3 Å². The summed E-state index contributed by atoms with van der Waals surface area (Å²) in [5, 5.41) is 7.00. The molecule has 0 spiro atoms. The van der Waals surface area contributed by atoms with E-state index in [0.29, 0.717) is 17.0 Å². The minimum Gasteiger partial charge on any atom is -0.492 e. The Morgan fingerprint density at radius 3 is 2.52 bits per heavy atom. The number of aryl methyl sites for hydroxylation is 1. The molecule has 0 bridgehead atoms. The Morgan fingerprint density at radius 2 is 1.76 bits per heavy atom. The van der Waals surface area contributed by atoms with Crippen molar-refractivity contribution in [1.29, 1.82) is 0 Å². The van der Waals surface area contributed by atoms with Crippen LogP contribution in [0.2, 0.25) is 0 Å². The Labute approximate surface area is 191 Å². The van der Waals surface area contributed by atoms with Gasteiger partial charge in [0.15, 0.2) is 0 Å². The number of carbonyl (C=O) groups is 2. The van der Waals surface area contributed by atoms with Crippen molar-refractivity contribution in [1.82, 2.24) is 14.7 Å². The van der Waals surface area contributed by atoms with Crippen LogP contribution < -0.4 is 15.6 Å². The number of likely N-dealkylation sites (tertiary alicyclic amines) is 1. The smallest absolute Gasteiger partial charge is 0.276 e. The quantitative estimate of drug-likeness (QED) is 0.602. The highest BCUT2D eigenvalue weighted by Crippen LogP contribution is 2.24. The van der Waals surface area contributed by atoms with Gasteiger partial charge in [-0.25, -0.2) is 4.68 Å². The largest absolute Gasteiger partial charge is 0.492 e. The summed E-state index contributed by atoms with van der Waals surface area (Å²) in [4.78, 5) is 40.0. The molecular formula is C25H26N4O4. The van der Waals surface area contributed by atoms with Gasteiger partial charge in [-0.05, 0) is 49.6 Å². The Balaban J connectivity index is 1.49. The molecule has 8 heteroatoms. The SMILES string of the molecule is Cc1cccc(NC(=O)c2ccc(=O)n(CCOc3ccccc3)n2)c1C(=O)N1CCCC1. The molecule has 2 heterocycles. The molecule has 0 saturated carbocycles. The molecule has 0 atom stereocenters. The molecule has 1 aliphatic rings. The first-order valence-corrected chi connectivity index (χ1v) is 11.0. The molecule has 1 fully saturated rings. The van der Waals surface area contributed by atoms with Gasteiger partial charge in [0.25, 0.3) is 17.4 Å². The third-order valence-corrected chi connectivity index (χ3v) is 5.54. The molecular weight excluding hydrogens is 420 g/mol. The third kappa shape index (κ3) is 5.28. The van der Waals surface area contributed by atoms with Crippen molar-refractivity contribution in [2.75, 3.05) is 25.0 Å². The fraction of sp³-hybridized carbons (Fsp3) is 0.280. The summed E-state index contributed by atoms with van der Waals surface area (Å²) in [5.74, 6) is 0.111. The topological polar surface area (TPSA) is 93.5 Å². The number of anilines is 1. The monoisotopic (exact) mass is 446 g/mol. The Hall–Kier alpha value is -3.94. The number of ether oxygens (including phenoxy) is 1. The van der Waals surface area contributed by atoms with Crippen LogP contribution in [-0.2, 0) is 6.54 Å². The lowest BCUT2D eigenvalue weighted by Gasteiger charge is -2.19. The van der Waals surface area contributed by atoms with Crippen LogP contribution in [-0.4, -0.2) is 46.2 Å². The lowest BCUT2D eigenvalue weighted by molar-refractivity contribution is 0.0793. The summed E-state index contributed by atoms with van der Waals surface area (Å²) < 4.78 is 6.82.